The van der Waals surface area contributed by atoms with Gasteiger partial charge < -0.3 is 19.7 Å². The van der Waals surface area contributed by atoms with Crippen LogP contribution >= 0.6 is 0 Å². The molecule has 0 aromatic heterocycles. The summed E-state index contributed by atoms with van der Waals surface area (Å²) in [5.41, 5.74) is 5.39. The van der Waals surface area contributed by atoms with E-state index < -0.39 is 12.2 Å². The second-order valence-corrected chi connectivity index (χ2v) is 11.0. The highest BCUT2D eigenvalue weighted by atomic mass is 16.5. The normalized spacial score (nSPS) is 15.1. The van der Waals surface area contributed by atoms with Crippen molar-refractivity contribution < 1.29 is 19.7 Å². The Bertz CT molecular complexity index is 1430. The third-order valence-electron chi connectivity index (χ3n) is 7.69. The minimum absolute atomic E-state index is 0.209. The summed E-state index contributed by atoms with van der Waals surface area (Å²) in [4.78, 5) is 4.44. The molecule has 0 bridgehead atoms. The molecule has 0 radical (unpaired) electrons. The van der Waals surface area contributed by atoms with E-state index in [-0.39, 0.29) is 13.2 Å². The fourth-order valence-corrected chi connectivity index (χ4v) is 5.20. The van der Waals surface area contributed by atoms with Crippen LogP contribution in [0.15, 0.2) is 97.1 Å². The molecule has 1 saturated heterocycles. The van der Waals surface area contributed by atoms with Crippen LogP contribution in [0.5, 0.6) is 11.5 Å². The van der Waals surface area contributed by atoms with Gasteiger partial charge in [0.25, 0.3) is 0 Å². The molecular weight excluding hydrogens is 552 g/mol. The summed E-state index contributed by atoms with van der Waals surface area (Å²) in [6, 6.07) is 34.6. The van der Waals surface area contributed by atoms with Gasteiger partial charge >= 0.3 is 0 Å². The fourth-order valence-electron chi connectivity index (χ4n) is 5.20. The van der Waals surface area contributed by atoms with Crippen LogP contribution < -0.4 is 9.47 Å². The van der Waals surface area contributed by atoms with Crippen LogP contribution in [0.4, 0.5) is 0 Å². The number of benzene rings is 4. The molecule has 1 aliphatic rings. The van der Waals surface area contributed by atoms with Gasteiger partial charge in [-0.15, -0.1) is 0 Å². The molecule has 2 N–H and O–H groups in total. The Balaban J connectivity index is 0.974. The van der Waals surface area contributed by atoms with Gasteiger partial charge in [0.2, 0.25) is 0 Å². The first-order chi connectivity index (χ1) is 21.5. The molecule has 0 aliphatic carbocycles. The number of piperazine rings is 1. The number of ether oxygens (including phenoxy) is 2. The maximum atomic E-state index is 10.6. The molecule has 8 heteroatoms. The highest BCUT2D eigenvalue weighted by Crippen LogP contribution is 2.24. The Hall–Kier alpha value is -4.70. The molecule has 5 rings (SSSR count). The fraction of sp³-hybridized carbons (Fsp3) is 0.278. The van der Waals surface area contributed by atoms with E-state index in [1.165, 1.54) is 0 Å². The van der Waals surface area contributed by atoms with E-state index in [0.717, 1.165) is 48.4 Å². The van der Waals surface area contributed by atoms with E-state index in [0.29, 0.717) is 35.7 Å². The number of hydrogen-bond acceptors (Lipinski definition) is 8. The molecule has 0 saturated carbocycles. The van der Waals surface area contributed by atoms with Gasteiger partial charge in [-0.3, -0.25) is 9.80 Å². The summed E-state index contributed by atoms with van der Waals surface area (Å²) in [5, 5.41) is 39.1. The van der Waals surface area contributed by atoms with E-state index in [2.05, 4.69) is 21.9 Å². The summed E-state index contributed by atoms with van der Waals surface area (Å²) in [7, 11) is 0. The first-order valence-electron chi connectivity index (χ1n) is 14.8. The topological polar surface area (TPSA) is 113 Å². The molecule has 2 atom stereocenters. The van der Waals surface area contributed by atoms with Crippen molar-refractivity contribution >= 4 is 0 Å². The van der Waals surface area contributed by atoms with Crippen molar-refractivity contribution in [2.45, 2.75) is 12.2 Å². The first-order valence-corrected chi connectivity index (χ1v) is 14.8. The van der Waals surface area contributed by atoms with Crippen LogP contribution in [0, 0.1) is 22.7 Å². The van der Waals surface area contributed by atoms with Gasteiger partial charge in [0.15, 0.2) is 0 Å². The largest absolute Gasteiger partial charge is 0.491 e. The van der Waals surface area contributed by atoms with Crippen LogP contribution in [-0.2, 0) is 0 Å². The molecule has 0 unspecified atom stereocenters. The third-order valence-corrected chi connectivity index (χ3v) is 7.69. The minimum atomic E-state index is -0.609. The highest BCUT2D eigenvalue weighted by molar-refractivity contribution is 5.65. The lowest BCUT2D eigenvalue weighted by atomic mass is 10.0. The standard InChI is InChI=1S/C36H36N4O4/c37-21-27-1-5-29(6-2-27)31-9-13-35(14-10-31)43-25-33(41)23-39-17-19-40(20-18-39)24-34(42)26-44-36-15-11-32(12-16-36)30-7-3-28(22-38)4-8-30/h1-16,33-34,41-42H,17-20,23-26H2/t33-,34+. The molecule has 4 aromatic rings. The Labute approximate surface area is 258 Å². The lowest BCUT2D eigenvalue weighted by Crippen LogP contribution is -2.51. The van der Waals surface area contributed by atoms with Crippen LogP contribution in [0.1, 0.15) is 11.1 Å². The second kappa shape index (κ2) is 15.2. The second-order valence-electron chi connectivity index (χ2n) is 11.0. The van der Waals surface area contributed by atoms with E-state index >= 15 is 0 Å². The Morgan fingerprint density at radius 3 is 1.11 bits per heavy atom. The molecular formula is C36H36N4O4. The lowest BCUT2D eigenvalue weighted by Gasteiger charge is -2.36. The SMILES string of the molecule is N#Cc1ccc(-c2ccc(OC[C@@H](O)CN3CCN(C[C@@H](O)COc4ccc(-c5ccc(C#N)cc5)cc4)CC3)cc2)cc1. The summed E-state index contributed by atoms with van der Waals surface area (Å²) in [5.74, 6) is 1.40. The van der Waals surface area contributed by atoms with Crippen molar-refractivity contribution in [1.82, 2.24) is 9.80 Å². The van der Waals surface area contributed by atoms with Crippen molar-refractivity contribution in [2.75, 3.05) is 52.5 Å². The van der Waals surface area contributed by atoms with Crippen molar-refractivity contribution in [2.24, 2.45) is 0 Å². The zero-order chi connectivity index (χ0) is 30.7. The number of aliphatic hydroxyl groups excluding tert-OH is 2. The van der Waals surface area contributed by atoms with Gasteiger partial charge in [-0.25, -0.2) is 0 Å². The Morgan fingerprint density at radius 2 is 0.818 bits per heavy atom. The number of hydrogen-bond donors (Lipinski definition) is 2. The number of rotatable bonds is 12. The van der Waals surface area contributed by atoms with Gasteiger partial charge in [-0.1, -0.05) is 48.5 Å². The molecule has 1 heterocycles. The molecule has 224 valence electrons. The Kier molecular flexibility index (Phi) is 10.6. The quantitative estimate of drug-likeness (QED) is 0.248. The maximum Gasteiger partial charge on any atom is 0.119 e. The van der Waals surface area contributed by atoms with Crippen LogP contribution in [0.2, 0.25) is 0 Å². The van der Waals surface area contributed by atoms with Gasteiger partial charge in [-0.2, -0.15) is 10.5 Å². The van der Waals surface area contributed by atoms with Crippen molar-refractivity contribution in [3.63, 3.8) is 0 Å². The van der Waals surface area contributed by atoms with Gasteiger partial charge in [0.1, 0.15) is 36.9 Å². The van der Waals surface area contributed by atoms with Gasteiger partial charge in [0.05, 0.1) is 23.3 Å². The van der Waals surface area contributed by atoms with E-state index in [1.807, 2.05) is 72.8 Å². The zero-order valence-electron chi connectivity index (χ0n) is 24.5. The van der Waals surface area contributed by atoms with Gasteiger partial charge in [-0.05, 0) is 70.8 Å². The first kappa shape index (κ1) is 30.7. The zero-order valence-corrected chi connectivity index (χ0v) is 24.5. The number of nitrogens with zero attached hydrogens (tertiary/aromatic N) is 4. The maximum absolute atomic E-state index is 10.6. The smallest absolute Gasteiger partial charge is 0.119 e. The van der Waals surface area contributed by atoms with Crippen molar-refractivity contribution in [3.05, 3.63) is 108 Å². The molecule has 44 heavy (non-hydrogen) atoms. The average Bonchev–Trinajstić information content (AvgIpc) is 3.08. The monoisotopic (exact) mass is 588 g/mol. The summed E-state index contributed by atoms with van der Waals surface area (Å²) in [6.45, 7) is 4.70. The van der Waals surface area contributed by atoms with E-state index in [9.17, 15) is 10.2 Å². The van der Waals surface area contributed by atoms with Crippen molar-refractivity contribution in [1.29, 1.82) is 10.5 Å². The molecule has 0 spiro atoms. The lowest BCUT2D eigenvalue weighted by molar-refractivity contribution is 0.0240. The summed E-state index contributed by atoms with van der Waals surface area (Å²) >= 11 is 0. The number of nitriles is 2. The number of β-amino-alcohol motifs (C(OH)–C–C–N with tert-alkyl or cyclic N) is 2. The van der Waals surface area contributed by atoms with E-state index in [4.69, 9.17) is 20.0 Å². The van der Waals surface area contributed by atoms with Crippen LogP contribution in [0.3, 0.4) is 0 Å². The predicted octanol–water partition coefficient (Wildman–Crippen LogP) is 4.56. The predicted molar refractivity (Wildman–Crippen MR) is 169 cm³/mol. The van der Waals surface area contributed by atoms with Crippen LogP contribution in [0.25, 0.3) is 22.3 Å². The van der Waals surface area contributed by atoms with E-state index in [1.54, 1.807) is 24.3 Å². The molecule has 1 aliphatic heterocycles. The van der Waals surface area contributed by atoms with Gasteiger partial charge in [0, 0.05) is 39.3 Å². The minimum Gasteiger partial charge on any atom is -0.491 e. The van der Waals surface area contributed by atoms with Crippen molar-refractivity contribution in [3.8, 4) is 45.9 Å². The van der Waals surface area contributed by atoms with Crippen LogP contribution in [-0.4, -0.2) is 84.7 Å². The summed E-state index contributed by atoms with van der Waals surface area (Å²) in [6.07, 6.45) is -1.22. The molecule has 1 fully saturated rings. The third kappa shape index (κ3) is 8.67. The molecule has 4 aromatic carbocycles. The average molecular weight is 589 g/mol. The number of aliphatic hydroxyl groups is 2. The highest BCUT2D eigenvalue weighted by Gasteiger charge is 2.21. The molecule has 8 nitrogen and oxygen atoms in total. The Morgan fingerprint density at radius 1 is 0.523 bits per heavy atom. The molecule has 0 amide bonds. The summed E-state index contributed by atoms with van der Waals surface area (Å²) < 4.78 is 11.6.